The monoisotopic (exact) mass is 1010 g/mol. The molecule has 1 atom stereocenters. The molecule has 0 N–H and O–H groups in total. The van der Waals surface area contributed by atoms with Crippen molar-refractivity contribution in [3.63, 3.8) is 0 Å². The summed E-state index contributed by atoms with van der Waals surface area (Å²) in [6.45, 7) is 6.31. The SMILES string of the molecule is CC/C=C\C/C=C\C/C=C\C/C=C\C/C=C\C/C=C\CCC(=O)OC[C@@H](COC(=O)CCC/C=C\C/C=C\C/C=C\C/C=C\C/C=C\CC)OC(=O)CCCCCCCCCCCCCCCCCCCCC. The minimum absolute atomic E-state index is 0.133. The van der Waals surface area contributed by atoms with Crippen molar-refractivity contribution in [2.75, 3.05) is 13.2 Å². The maximum atomic E-state index is 12.9. The first-order chi connectivity index (χ1) is 36.0. The Labute approximate surface area is 449 Å². The van der Waals surface area contributed by atoms with Gasteiger partial charge in [-0.2, -0.15) is 0 Å². The molecule has 0 heterocycles. The molecule has 0 rings (SSSR count). The fourth-order valence-corrected chi connectivity index (χ4v) is 7.80. The summed E-state index contributed by atoms with van der Waals surface area (Å²) in [7, 11) is 0. The molecule has 0 fully saturated rings. The van der Waals surface area contributed by atoms with Gasteiger partial charge in [0.05, 0.1) is 0 Å². The molecule has 412 valence electrons. The van der Waals surface area contributed by atoms with E-state index in [0.29, 0.717) is 19.3 Å². The summed E-state index contributed by atoms with van der Waals surface area (Å²) >= 11 is 0. The number of hydrogen-bond donors (Lipinski definition) is 0. The average Bonchev–Trinajstić information content (AvgIpc) is 3.39. The standard InChI is InChI=1S/C67H108O6/c1-4-7-10-13-16-19-22-25-28-31-33-36-39-42-45-48-51-54-57-60-66(69)72-63-64(62-71-65(68)59-56-53-50-47-44-41-38-35-30-27-24-21-18-15-12-9-6-3)73-67(70)61-58-55-52-49-46-43-40-37-34-32-29-26-23-20-17-14-11-8-5-2/h7,9-10,12,16,18-19,21,25,27-28,30,33,36,38,41-42,45,47,50-51,54,64H,4-6,8,11,13-15,17,20,22-24,26,29,31-32,34-35,37,39-40,43-44,46,48-49,52-53,55-63H2,1-3H3/b10-7-,12-9-,19-16-,21-18-,28-25-,30-27-,36-33-,41-38-,45-42-,50-47-,54-51-/t64-/m1/s1. The molecule has 0 saturated heterocycles. The number of ether oxygens (including phenoxy) is 3. The molecule has 0 aromatic carbocycles. The maximum Gasteiger partial charge on any atom is 0.306 e. The Morgan fingerprint density at radius 3 is 0.904 bits per heavy atom. The third kappa shape index (κ3) is 58.3. The van der Waals surface area contributed by atoms with Gasteiger partial charge in [0.2, 0.25) is 0 Å². The topological polar surface area (TPSA) is 78.9 Å². The maximum absolute atomic E-state index is 12.9. The summed E-state index contributed by atoms with van der Waals surface area (Å²) in [4.78, 5) is 38.2. The van der Waals surface area contributed by atoms with Crippen LogP contribution in [0.5, 0.6) is 0 Å². The Balaban J connectivity index is 4.57. The van der Waals surface area contributed by atoms with Crippen molar-refractivity contribution in [2.24, 2.45) is 0 Å². The van der Waals surface area contributed by atoms with Gasteiger partial charge in [0, 0.05) is 19.3 Å². The van der Waals surface area contributed by atoms with E-state index in [-0.39, 0.29) is 44.0 Å². The first-order valence-electron chi connectivity index (χ1n) is 29.7. The summed E-state index contributed by atoms with van der Waals surface area (Å²) < 4.78 is 16.8. The van der Waals surface area contributed by atoms with Crippen LogP contribution in [0, 0.1) is 0 Å². The van der Waals surface area contributed by atoms with Crippen molar-refractivity contribution in [3.8, 4) is 0 Å². The van der Waals surface area contributed by atoms with Gasteiger partial charge >= 0.3 is 17.9 Å². The summed E-state index contributed by atoms with van der Waals surface area (Å²) in [5.41, 5.74) is 0. The van der Waals surface area contributed by atoms with Crippen molar-refractivity contribution in [1.29, 1.82) is 0 Å². The van der Waals surface area contributed by atoms with Gasteiger partial charge in [-0.1, -0.05) is 270 Å². The highest BCUT2D eigenvalue weighted by molar-refractivity contribution is 5.71. The van der Waals surface area contributed by atoms with Gasteiger partial charge in [-0.05, 0) is 96.3 Å². The first kappa shape index (κ1) is 68.6. The predicted molar refractivity (Wildman–Crippen MR) is 316 cm³/mol. The zero-order chi connectivity index (χ0) is 52.9. The third-order valence-corrected chi connectivity index (χ3v) is 12.2. The fourth-order valence-electron chi connectivity index (χ4n) is 7.80. The number of carbonyl (C=O) groups excluding carboxylic acids is 3. The molecule has 0 bridgehead atoms. The van der Waals surface area contributed by atoms with Crippen LogP contribution < -0.4 is 0 Å². The van der Waals surface area contributed by atoms with Crippen molar-refractivity contribution in [3.05, 3.63) is 134 Å². The van der Waals surface area contributed by atoms with Gasteiger partial charge in [-0.15, -0.1) is 0 Å². The Kier molecular flexibility index (Phi) is 56.4. The van der Waals surface area contributed by atoms with Gasteiger partial charge < -0.3 is 14.2 Å². The van der Waals surface area contributed by atoms with Crippen LogP contribution in [0.1, 0.15) is 252 Å². The van der Waals surface area contributed by atoms with E-state index in [9.17, 15) is 14.4 Å². The lowest BCUT2D eigenvalue weighted by Gasteiger charge is -2.18. The van der Waals surface area contributed by atoms with E-state index < -0.39 is 6.10 Å². The second-order valence-corrected chi connectivity index (χ2v) is 19.1. The van der Waals surface area contributed by atoms with E-state index in [0.717, 1.165) is 96.3 Å². The Morgan fingerprint density at radius 2 is 0.562 bits per heavy atom. The highest BCUT2D eigenvalue weighted by Gasteiger charge is 2.19. The molecule has 6 heteroatoms. The van der Waals surface area contributed by atoms with Crippen LogP contribution in [0.15, 0.2) is 134 Å². The van der Waals surface area contributed by atoms with E-state index in [1.54, 1.807) is 0 Å². The smallest absolute Gasteiger partial charge is 0.306 e. The normalized spacial score (nSPS) is 13.1. The number of esters is 3. The Morgan fingerprint density at radius 1 is 0.288 bits per heavy atom. The molecular weight excluding hydrogens is 901 g/mol. The summed E-state index contributed by atoms with van der Waals surface area (Å²) in [6.07, 6.45) is 84.7. The van der Waals surface area contributed by atoms with Crippen molar-refractivity contribution in [1.82, 2.24) is 0 Å². The number of hydrogen-bond acceptors (Lipinski definition) is 6. The third-order valence-electron chi connectivity index (χ3n) is 12.2. The molecule has 0 aliphatic rings. The number of carbonyl (C=O) groups is 3. The molecule has 0 unspecified atom stereocenters. The highest BCUT2D eigenvalue weighted by Crippen LogP contribution is 2.16. The van der Waals surface area contributed by atoms with E-state index in [1.165, 1.54) is 103 Å². The number of rotatable bonds is 52. The molecule has 0 radical (unpaired) electrons. The number of allylic oxidation sites excluding steroid dienone is 22. The average molecular weight is 1010 g/mol. The lowest BCUT2D eigenvalue weighted by Crippen LogP contribution is -2.30. The second-order valence-electron chi connectivity index (χ2n) is 19.1. The highest BCUT2D eigenvalue weighted by atomic mass is 16.6. The zero-order valence-electron chi connectivity index (χ0n) is 47.1. The fraction of sp³-hybridized carbons (Fsp3) is 0.627. The van der Waals surface area contributed by atoms with E-state index in [1.807, 2.05) is 12.2 Å². The quantitative estimate of drug-likeness (QED) is 0.0261. The van der Waals surface area contributed by atoms with Crippen molar-refractivity contribution < 1.29 is 28.6 Å². The lowest BCUT2D eigenvalue weighted by molar-refractivity contribution is -0.166. The minimum atomic E-state index is -0.836. The van der Waals surface area contributed by atoms with Crippen LogP contribution in [-0.2, 0) is 28.6 Å². The first-order valence-corrected chi connectivity index (χ1v) is 29.7. The Hall–Kier alpha value is -4.45. The largest absolute Gasteiger partial charge is 0.462 e. The molecular formula is C67H108O6. The molecule has 0 aromatic rings. The summed E-state index contributed by atoms with van der Waals surface area (Å²) in [6, 6.07) is 0. The van der Waals surface area contributed by atoms with Crippen LogP contribution in [0.4, 0.5) is 0 Å². The van der Waals surface area contributed by atoms with Gasteiger partial charge in [-0.25, -0.2) is 0 Å². The molecule has 0 amide bonds. The molecule has 0 aliphatic heterocycles. The molecule has 6 nitrogen and oxygen atoms in total. The van der Waals surface area contributed by atoms with E-state index in [2.05, 4.69) is 142 Å². The van der Waals surface area contributed by atoms with Crippen molar-refractivity contribution in [2.45, 2.75) is 258 Å². The minimum Gasteiger partial charge on any atom is -0.462 e. The van der Waals surface area contributed by atoms with Crippen LogP contribution in [0.3, 0.4) is 0 Å². The van der Waals surface area contributed by atoms with Crippen LogP contribution in [0.25, 0.3) is 0 Å². The Bertz CT molecular complexity index is 1580. The van der Waals surface area contributed by atoms with Crippen LogP contribution in [0.2, 0.25) is 0 Å². The molecule has 73 heavy (non-hydrogen) atoms. The molecule has 0 saturated carbocycles. The van der Waals surface area contributed by atoms with E-state index >= 15 is 0 Å². The second kappa shape index (κ2) is 60.1. The van der Waals surface area contributed by atoms with Gasteiger partial charge in [0.1, 0.15) is 13.2 Å². The van der Waals surface area contributed by atoms with Gasteiger partial charge in [0.15, 0.2) is 6.10 Å². The van der Waals surface area contributed by atoms with E-state index in [4.69, 9.17) is 14.2 Å². The molecule has 0 aliphatic carbocycles. The summed E-state index contributed by atoms with van der Waals surface area (Å²) in [5, 5.41) is 0. The summed E-state index contributed by atoms with van der Waals surface area (Å²) in [5.74, 6) is -1.07. The molecule has 0 spiro atoms. The molecule has 0 aromatic heterocycles. The van der Waals surface area contributed by atoms with Gasteiger partial charge in [0.25, 0.3) is 0 Å². The van der Waals surface area contributed by atoms with Crippen LogP contribution >= 0.6 is 0 Å². The van der Waals surface area contributed by atoms with Crippen LogP contribution in [-0.4, -0.2) is 37.2 Å². The van der Waals surface area contributed by atoms with Gasteiger partial charge in [-0.3, -0.25) is 14.4 Å². The number of unbranched alkanes of at least 4 members (excludes halogenated alkanes) is 19. The van der Waals surface area contributed by atoms with Crippen molar-refractivity contribution >= 4 is 17.9 Å². The lowest BCUT2D eigenvalue weighted by atomic mass is 10.0. The zero-order valence-corrected chi connectivity index (χ0v) is 47.1. The predicted octanol–water partition coefficient (Wildman–Crippen LogP) is 20.2.